The van der Waals surface area contributed by atoms with Gasteiger partial charge in [-0.3, -0.25) is 0 Å². The van der Waals surface area contributed by atoms with Crippen molar-refractivity contribution in [2.24, 2.45) is 5.92 Å². The molecule has 1 atom stereocenters. The molecule has 2 aromatic rings. The second-order valence-electron chi connectivity index (χ2n) is 8.28. The molecule has 0 aliphatic carbocycles. The second kappa shape index (κ2) is 11.2. The molecule has 5 nitrogen and oxygen atoms in total. The molecule has 0 aromatic heterocycles. The van der Waals surface area contributed by atoms with Crippen molar-refractivity contribution in [3.63, 3.8) is 0 Å². The highest BCUT2D eigenvalue weighted by Gasteiger charge is 2.21. The summed E-state index contributed by atoms with van der Waals surface area (Å²) >= 11 is 0. The first kappa shape index (κ1) is 22.4. The van der Waals surface area contributed by atoms with Crippen molar-refractivity contribution in [2.45, 2.75) is 25.8 Å². The summed E-state index contributed by atoms with van der Waals surface area (Å²) in [4.78, 5) is 5.04. The summed E-state index contributed by atoms with van der Waals surface area (Å²) in [6, 6.07) is 14.5. The van der Waals surface area contributed by atoms with Crippen LogP contribution in [0.25, 0.3) is 0 Å². The molecule has 2 aromatic carbocycles. The second-order valence-corrected chi connectivity index (χ2v) is 8.28. The molecular formula is C25H36N2O3. The molecule has 0 bridgehead atoms. The maximum Gasteiger partial charge on any atom is 0.123 e. The third-order valence-corrected chi connectivity index (χ3v) is 5.98. The number of likely N-dealkylation sites (tertiary alicyclic amines) is 1. The number of hydrogen-bond donors (Lipinski definition) is 0. The zero-order valence-electron chi connectivity index (χ0n) is 18.9. The van der Waals surface area contributed by atoms with Crippen molar-refractivity contribution >= 4 is 0 Å². The number of benzene rings is 2. The molecule has 0 unspecified atom stereocenters. The maximum absolute atomic E-state index is 5.54. The van der Waals surface area contributed by atoms with Gasteiger partial charge in [-0.25, -0.2) is 0 Å². The lowest BCUT2D eigenvalue weighted by molar-refractivity contribution is 0.142. The summed E-state index contributed by atoms with van der Waals surface area (Å²) in [5.41, 5.74) is 2.55. The van der Waals surface area contributed by atoms with Crippen molar-refractivity contribution in [3.05, 3.63) is 53.6 Å². The molecule has 1 saturated heterocycles. The average Bonchev–Trinajstić information content (AvgIpc) is 2.78. The van der Waals surface area contributed by atoms with Gasteiger partial charge < -0.3 is 24.0 Å². The largest absolute Gasteiger partial charge is 0.497 e. The quantitative estimate of drug-likeness (QED) is 0.587. The minimum absolute atomic E-state index is 0.705. The van der Waals surface area contributed by atoms with Crippen LogP contribution in [0.3, 0.4) is 0 Å². The van der Waals surface area contributed by atoms with Gasteiger partial charge in [0, 0.05) is 31.7 Å². The lowest BCUT2D eigenvalue weighted by Gasteiger charge is -2.35. The Morgan fingerprint density at radius 2 is 1.70 bits per heavy atom. The molecule has 1 aliphatic heterocycles. The fourth-order valence-electron chi connectivity index (χ4n) is 4.38. The Balaban J connectivity index is 1.49. The van der Waals surface area contributed by atoms with Gasteiger partial charge in [0.25, 0.3) is 0 Å². The van der Waals surface area contributed by atoms with E-state index in [9.17, 15) is 0 Å². The van der Waals surface area contributed by atoms with Gasteiger partial charge in [-0.2, -0.15) is 0 Å². The molecule has 0 radical (unpaired) electrons. The third kappa shape index (κ3) is 6.38. The molecule has 0 spiro atoms. The van der Waals surface area contributed by atoms with Gasteiger partial charge in [0.05, 0.1) is 21.3 Å². The lowest BCUT2D eigenvalue weighted by atomic mass is 9.97. The van der Waals surface area contributed by atoms with Gasteiger partial charge in [0.15, 0.2) is 0 Å². The third-order valence-electron chi connectivity index (χ3n) is 5.98. The van der Waals surface area contributed by atoms with Gasteiger partial charge in [-0.15, -0.1) is 0 Å². The van der Waals surface area contributed by atoms with E-state index in [1.165, 1.54) is 37.1 Å². The lowest BCUT2D eigenvalue weighted by Crippen LogP contribution is -2.40. The number of nitrogens with zero attached hydrogens (tertiary/aromatic N) is 2. The zero-order chi connectivity index (χ0) is 21.3. The van der Waals surface area contributed by atoms with E-state index in [2.05, 4.69) is 47.2 Å². The number of methoxy groups -OCH3 is 3. The van der Waals surface area contributed by atoms with E-state index in [0.29, 0.717) is 5.92 Å². The fraction of sp³-hybridized carbons (Fsp3) is 0.520. The van der Waals surface area contributed by atoms with Crippen molar-refractivity contribution < 1.29 is 14.2 Å². The number of piperidine rings is 1. The highest BCUT2D eigenvalue weighted by molar-refractivity contribution is 5.40. The summed E-state index contributed by atoms with van der Waals surface area (Å²) in [5.74, 6) is 3.43. The predicted octanol–water partition coefficient (Wildman–Crippen LogP) is 4.10. The number of hydrogen-bond acceptors (Lipinski definition) is 5. The number of ether oxygens (including phenoxy) is 3. The van der Waals surface area contributed by atoms with E-state index in [4.69, 9.17) is 14.2 Å². The normalized spacial score (nSPS) is 17.2. The topological polar surface area (TPSA) is 34.2 Å². The van der Waals surface area contributed by atoms with Crippen LogP contribution in [0.5, 0.6) is 17.2 Å². The van der Waals surface area contributed by atoms with E-state index >= 15 is 0 Å². The summed E-state index contributed by atoms with van der Waals surface area (Å²) in [6.45, 7) is 5.47. The Kier molecular flexibility index (Phi) is 8.40. The molecule has 0 amide bonds. The van der Waals surface area contributed by atoms with E-state index in [1.807, 2.05) is 12.1 Å². The Bertz CT molecular complexity index is 778. The minimum Gasteiger partial charge on any atom is -0.497 e. The molecule has 3 rings (SSSR count). The first-order valence-corrected chi connectivity index (χ1v) is 10.9. The molecule has 30 heavy (non-hydrogen) atoms. The summed E-state index contributed by atoms with van der Waals surface area (Å²) in [6.07, 6.45) is 3.68. The summed E-state index contributed by atoms with van der Waals surface area (Å²) in [5, 5.41) is 0. The van der Waals surface area contributed by atoms with Crippen LogP contribution in [0.15, 0.2) is 42.5 Å². The van der Waals surface area contributed by atoms with Crippen molar-refractivity contribution in [1.82, 2.24) is 9.80 Å². The molecular weight excluding hydrogens is 376 g/mol. The van der Waals surface area contributed by atoms with Gasteiger partial charge in [-0.05, 0) is 74.7 Å². The highest BCUT2D eigenvalue weighted by atomic mass is 16.5. The monoisotopic (exact) mass is 412 g/mol. The molecule has 0 saturated carbocycles. The Morgan fingerprint density at radius 3 is 2.40 bits per heavy atom. The Morgan fingerprint density at radius 1 is 0.967 bits per heavy atom. The van der Waals surface area contributed by atoms with Crippen LogP contribution in [0.1, 0.15) is 24.0 Å². The minimum atomic E-state index is 0.705. The van der Waals surface area contributed by atoms with E-state index < -0.39 is 0 Å². The van der Waals surface area contributed by atoms with Crippen molar-refractivity contribution in [1.29, 1.82) is 0 Å². The number of rotatable bonds is 10. The van der Waals surface area contributed by atoms with Crippen LogP contribution < -0.4 is 14.2 Å². The SMILES string of the molecule is COc1ccc(CCN2CCC[C@@H](CN(C)Cc3cc(OC)ccc3OC)C2)cc1. The smallest absolute Gasteiger partial charge is 0.123 e. The Hall–Kier alpha value is -2.24. The van der Waals surface area contributed by atoms with Gasteiger partial charge in [0.2, 0.25) is 0 Å². The van der Waals surface area contributed by atoms with Gasteiger partial charge in [-0.1, -0.05) is 12.1 Å². The van der Waals surface area contributed by atoms with E-state index in [-0.39, 0.29) is 0 Å². The van der Waals surface area contributed by atoms with Crippen LogP contribution in [-0.2, 0) is 13.0 Å². The first-order chi connectivity index (χ1) is 14.6. The fourth-order valence-corrected chi connectivity index (χ4v) is 4.38. The van der Waals surface area contributed by atoms with Crippen molar-refractivity contribution in [2.75, 3.05) is 54.6 Å². The molecule has 0 N–H and O–H groups in total. The van der Waals surface area contributed by atoms with Crippen LogP contribution in [0.2, 0.25) is 0 Å². The van der Waals surface area contributed by atoms with Gasteiger partial charge >= 0.3 is 0 Å². The first-order valence-electron chi connectivity index (χ1n) is 10.9. The van der Waals surface area contributed by atoms with Crippen molar-refractivity contribution in [3.8, 4) is 17.2 Å². The molecule has 5 heteroatoms. The molecule has 1 aliphatic rings. The summed E-state index contributed by atoms with van der Waals surface area (Å²) in [7, 11) is 7.35. The predicted molar refractivity (Wildman–Crippen MR) is 122 cm³/mol. The highest BCUT2D eigenvalue weighted by Crippen LogP contribution is 2.26. The van der Waals surface area contributed by atoms with Crippen LogP contribution >= 0.6 is 0 Å². The van der Waals surface area contributed by atoms with Crippen LogP contribution in [0.4, 0.5) is 0 Å². The van der Waals surface area contributed by atoms with Crippen LogP contribution in [0, 0.1) is 5.92 Å². The van der Waals surface area contributed by atoms with E-state index in [0.717, 1.165) is 43.3 Å². The molecule has 1 heterocycles. The summed E-state index contributed by atoms with van der Waals surface area (Å²) < 4.78 is 16.2. The zero-order valence-corrected chi connectivity index (χ0v) is 18.9. The van der Waals surface area contributed by atoms with Gasteiger partial charge in [0.1, 0.15) is 17.2 Å². The average molecular weight is 413 g/mol. The standard InChI is InChI=1S/C25H36N2O3/c1-26(19-22-16-24(29-3)11-12-25(22)30-4)17-21-6-5-14-27(18-21)15-13-20-7-9-23(28-2)10-8-20/h7-12,16,21H,5-6,13-15,17-19H2,1-4H3/t21-/m0/s1. The molecule has 164 valence electrons. The van der Waals surface area contributed by atoms with E-state index in [1.54, 1.807) is 21.3 Å². The Labute approximate surface area is 181 Å². The van der Waals surface area contributed by atoms with Crippen LogP contribution in [-0.4, -0.2) is 64.4 Å². The maximum atomic E-state index is 5.54. The molecule has 1 fully saturated rings.